The van der Waals surface area contributed by atoms with E-state index in [2.05, 4.69) is 36.7 Å². The molecule has 0 unspecified atom stereocenters. The first-order valence-corrected chi connectivity index (χ1v) is 10.00. The van der Waals surface area contributed by atoms with Gasteiger partial charge in [0.1, 0.15) is 10.6 Å². The van der Waals surface area contributed by atoms with Crippen molar-refractivity contribution in [3.63, 3.8) is 0 Å². The minimum atomic E-state index is 0.553. The molecule has 23 heavy (non-hydrogen) atoms. The molecule has 3 aromatic rings. The average Bonchev–Trinajstić information content (AvgIpc) is 3.18. The van der Waals surface area contributed by atoms with Crippen molar-refractivity contribution in [2.24, 2.45) is 0 Å². The van der Waals surface area contributed by atoms with Crippen molar-refractivity contribution in [3.05, 3.63) is 28.0 Å². The van der Waals surface area contributed by atoms with Crippen LogP contribution in [0.4, 0.5) is 5.82 Å². The lowest BCUT2D eigenvalue weighted by Gasteiger charge is -2.24. The Morgan fingerprint density at radius 1 is 1.13 bits per heavy atom. The number of rotatable bonds is 3. The van der Waals surface area contributed by atoms with Crippen molar-refractivity contribution < 1.29 is 0 Å². The van der Waals surface area contributed by atoms with Gasteiger partial charge in [-0.2, -0.15) is 0 Å². The highest BCUT2D eigenvalue weighted by Crippen LogP contribution is 2.36. The van der Waals surface area contributed by atoms with Crippen LogP contribution >= 0.6 is 22.7 Å². The summed E-state index contributed by atoms with van der Waals surface area (Å²) in [7, 11) is 0. The standard InChI is InChI=1S/C18H21N3S2/c1-11-12(2)23-18-15(11)17(19-13-7-4-3-5-8-13)20-16(21-18)14-9-6-10-22-14/h6,9-10,13H,3-5,7-8H2,1-2H3,(H,19,20,21). The lowest BCUT2D eigenvalue weighted by Crippen LogP contribution is -2.23. The Kier molecular flexibility index (Phi) is 4.07. The van der Waals surface area contributed by atoms with Crippen molar-refractivity contribution >= 4 is 38.7 Å². The van der Waals surface area contributed by atoms with Crippen LogP contribution in [0.2, 0.25) is 0 Å². The van der Waals surface area contributed by atoms with Crippen LogP contribution in [0.15, 0.2) is 17.5 Å². The minimum Gasteiger partial charge on any atom is -0.367 e. The van der Waals surface area contributed by atoms with E-state index >= 15 is 0 Å². The van der Waals surface area contributed by atoms with Crippen LogP contribution in [0, 0.1) is 13.8 Å². The molecule has 4 rings (SSSR count). The SMILES string of the molecule is Cc1sc2nc(-c3cccs3)nc(NC3CCCCC3)c2c1C. The van der Waals surface area contributed by atoms with Gasteiger partial charge in [0.25, 0.3) is 0 Å². The summed E-state index contributed by atoms with van der Waals surface area (Å²) in [5.74, 6) is 1.89. The number of hydrogen-bond acceptors (Lipinski definition) is 5. The summed E-state index contributed by atoms with van der Waals surface area (Å²) in [6.45, 7) is 4.37. The van der Waals surface area contributed by atoms with E-state index in [1.807, 2.05) is 0 Å². The van der Waals surface area contributed by atoms with Crippen molar-refractivity contribution in [2.45, 2.75) is 52.0 Å². The fraction of sp³-hybridized carbons (Fsp3) is 0.444. The third-order valence-corrected chi connectivity index (χ3v) is 6.68. The average molecular weight is 344 g/mol. The zero-order valence-corrected chi connectivity index (χ0v) is 15.2. The van der Waals surface area contributed by atoms with Crippen LogP contribution in [0.5, 0.6) is 0 Å². The molecular formula is C18H21N3S2. The predicted octanol–water partition coefficient (Wildman–Crippen LogP) is 5.78. The monoisotopic (exact) mass is 343 g/mol. The number of thiophene rings is 2. The molecule has 0 aliphatic heterocycles. The fourth-order valence-electron chi connectivity index (χ4n) is 3.31. The van der Waals surface area contributed by atoms with Gasteiger partial charge in [-0.25, -0.2) is 9.97 Å². The number of aryl methyl sites for hydroxylation is 2. The fourth-order valence-corrected chi connectivity index (χ4v) is 5.00. The quantitative estimate of drug-likeness (QED) is 0.655. The third kappa shape index (κ3) is 2.88. The molecular weight excluding hydrogens is 322 g/mol. The smallest absolute Gasteiger partial charge is 0.173 e. The first-order chi connectivity index (χ1) is 11.2. The van der Waals surface area contributed by atoms with Crippen molar-refractivity contribution in [2.75, 3.05) is 5.32 Å². The molecule has 0 spiro atoms. The van der Waals surface area contributed by atoms with Gasteiger partial charge in [-0.05, 0) is 43.7 Å². The van der Waals surface area contributed by atoms with Crippen molar-refractivity contribution in [1.82, 2.24) is 9.97 Å². The molecule has 1 fully saturated rings. The van der Waals surface area contributed by atoms with Crippen LogP contribution < -0.4 is 5.32 Å². The summed E-state index contributed by atoms with van der Waals surface area (Å²) in [4.78, 5) is 13.3. The van der Waals surface area contributed by atoms with Gasteiger partial charge in [-0.1, -0.05) is 25.3 Å². The molecule has 0 bridgehead atoms. The van der Waals surface area contributed by atoms with Crippen LogP contribution in [0.25, 0.3) is 20.9 Å². The first kappa shape index (κ1) is 15.1. The molecule has 3 aromatic heterocycles. The predicted molar refractivity (Wildman–Crippen MR) is 101 cm³/mol. The molecule has 120 valence electrons. The van der Waals surface area contributed by atoms with Gasteiger partial charge in [0.05, 0.1) is 10.3 Å². The second-order valence-electron chi connectivity index (χ2n) is 6.32. The molecule has 1 aliphatic carbocycles. The molecule has 3 heterocycles. The van der Waals surface area contributed by atoms with Gasteiger partial charge >= 0.3 is 0 Å². The van der Waals surface area contributed by atoms with Gasteiger partial charge in [0, 0.05) is 10.9 Å². The number of hydrogen-bond donors (Lipinski definition) is 1. The second kappa shape index (κ2) is 6.21. The third-order valence-electron chi connectivity index (χ3n) is 4.72. The van der Waals surface area contributed by atoms with E-state index in [9.17, 15) is 0 Å². The van der Waals surface area contributed by atoms with E-state index in [-0.39, 0.29) is 0 Å². The van der Waals surface area contributed by atoms with Crippen molar-refractivity contribution in [1.29, 1.82) is 0 Å². The highest BCUT2D eigenvalue weighted by molar-refractivity contribution is 7.19. The summed E-state index contributed by atoms with van der Waals surface area (Å²) < 4.78 is 0. The lowest BCUT2D eigenvalue weighted by molar-refractivity contribution is 0.462. The molecule has 5 heteroatoms. The van der Waals surface area contributed by atoms with Crippen LogP contribution in [0.1, 0.15) is 42.5 Å². The Balaban J connectivity index is 1.81. The molecule has 0 atom stereocenters. The molecule has 0 aromatic carbocycles. The summed E-state index contributed by atoms with van der Waals surface area (Å²) >= 11 is 3.48. The molecule has 3 nitrogen and oxygen atoms in total. The molecule has 0 amide bonds. The molecule has 0 saturated heterocycles. The minimum absolute atomic E-state index is 0.553. The van der Waals surface area contributed by atoms with E-state index < -0.39 is 0 Å². The van der Waals surface area contributed by atoms with Gasteiger partial charge < -0.3 is 5.32 Å². The first-order valence-electron chi connectivity index (χ1n) is 8.30. The number of anilines is 1. The van der Waals surface area contributed by atoms with Gasteiger partial charge in [0.2, 0.25) is 0 Å². The topological polar surface area (TPSA) is 37.8 Å². The number of nitrogens with zero attached hydrogens (tertiary/aromatic N) is 2. The second-order valence-corrected chi connectivity index (χ2v) is 8.47. The Morgan fingerprint density at radius 3 is 2.70 bits per heavy atom. The van der Waals surface area contributed by atoms with E-state index in [1.165, 1.54) is 47.9 Å². The van der Waals surface area contributed by atoms with E-state index in [0.717, 1.165) is 21.3 Å². The summed E-state index contributed by atoms with van der Waals surface area (Å²) in [6.07, 6.45) is 6.52. The van der Waals surface area contributed by atoms with Gasteiger partial charge in [0.15, 0.2) is 5.82 Å². The normalized spacial score (nSPS) is 16.1. The molecule has 0 radical (unpaired) electrons. The van der Waals surface area contributed by atoms with E-state index in [1.54, 1.807) is 22.7 Å². The van der Waals surface area contributed by atoms with Crippen LogP contribution in [-0.4, -0.2) is 16.0 Å². The maximum atomic E-state index is 4.91. The van der Waals surface area contributed by atoms with Crippen molar-refractivity contribution in [3.8, 4) is 10.7 Å². The van der Waals surface area contributed by atoms with E-state index in [4.69, 9.17) is 9.97 Å². The Labute approximate surface area is 144 Å². The maximum absolute atomic E-state index is 4.91. The largest absolute Gasteiger partial charge is 0.367 e. The molecule has 1 aliphatic rings. The maximum Gasteiger partial charge on any atom is 0.173 e. The van der Waals surface area contributed by atoms with Crippen LogP contribution in [-0.2, 0) is 0 Å². The highest BCUT2D eigenvalue weighted by atomic mass is 32.1. The summed E-state index contributed by atoms with van der Waals surface area (Å²) in [5.41, 5.74) is 1.32. The lowest BCUT2D eigenvalue weighted by atomic mass is 9.95. The van der Waals surface area contributed by atoms with E-state index in [0.29, 0.717) is 6.04 Å². The highest BCUT2D eigenvalue weighted by Gasteiger charge is 2.19. The molecule has 1 saturated carbocycles. The number of fused-ring (bicyclic) bond motifs is 1. The Morgan fingerprint density at radius 2 is 1.96 bits per heavy atom. The molecule has 1 N–H and O–H groups in total. The zero-order valence-electron chi connectivity index (χ0n) is 13.6. The zero-order chi connectivity index (χ0) is 15.8. The van der Waals surface area contributed by atoms with Gasteiger partial charge in [-0.3, -0.25) is 0 Å². The number of aromatic nitrogens is 2. The van der Waals surface area contributed by atoms with Gasteiger partial charge in [-0.15, -0.1) is 22.7 Å². The van der Waals surface area contributed by atoms with Crippen LogP contribution in [0.3, 0.4) is 0 Å². The number of nitrogens with one attached hydrogen (secondary N) is 1. The summed E-state index contributed by atoms with van der Waals surface area (Å²) in [5, 5.41) is 7.05. The summed E-state index contributed by atoms with van der Waals surface area (Å²) in [6, 6.07) is 4.72. The Hall–Kier alpha value is -1.46. The Bertz CT molecular complexity index is 815.